The summed E-state index contributed by atoms with van der Waals surface area (Å²) >= 11 is 3.55. The van der Waals surface area contributed by atoms with Gasteiger partial charge in [-0.25, -0.2) is 5.43 Å². The largest absolute Gasteiger partial charge is 0.490 e. The lowest BCUT2D eigenvalue weighted by molar-refractivity contribution is 0.0923. The molecule has 0 fully saturated rings. The zero-order chi connectivity index (χ0) is 28.6. The number of nitrogens with zero attached hydrogens (tertiary/aromatic N) is 2. The van der Waals surface area contributed by atoms with Gasteiger partial charge in [0.25, 0.3) is 0 Å². The predicted molar refractivity (Wildman–Crippen MR) is 159 cm³/mol. The molecule has 40 heavy (non-hydrogen) atoms. The predicted octanol–water partition coefficient (Wildman–Crippen LogP) is 7.37. The van der Waals surface area contributed by atoms with Crippen LogP contribution in [-0.2, 0) is 6.61 Å². The lowest BCUT2D eigenvalue weighted by Crippen LogP contribution is -2.16. The van der Waals surface area contributed by atoms with E-state index in [1.54, 1.807) is 12.1 Å². The number of furan rings is 1. The fourth-order valence-electron chi connectivity index (χ4n) is 4.04. The number of aryl methyl sites for hydroxylation is 2. The van der Waals surface area contributed by atoms with Crippen LogP contribution in [0.1, 0.15) is 60.5 Å². The van der Waals surface area contributed by atoms with Crippen LogP contribution < -0.4 is 19.6 Å². The van der Waals surface area contributed by atoms with E-state index in [4.69, 9.17) is 18.6 Å². The third-order valence-electron chi connectivity index (χ3n) is 6.24. The fraction of sp³-hybridized carbons (Fsp3) is 0.290. The molecular formula is C31H34BrN3O5. The number of ether oxygens (including phenoxy) is 3. The maximum absolute atomic E-state index is 12.6. The van der Waals surface area contributed by atoms with Crippen LogP contribution in [0.2, 0.25) is 0 Å². The number of carbonyl (C=O) groups is 1. The molecule has 0 spiro atoms. The van der Waals surface area contributed by atoms with Gasteiger partial charge in [0.15, 0.2) is 17.3 Å². The minimum absolute atomic E-state index is 0.0437. The van der Waals surface area contributed by atoms with E-state index in [2.05, 4.69) is 63.9 Å². The first-order chi connectivity index (χ1) is 19.3. The molecular weight excluding hydrogens is 574 g/mol. The highest BCUT2D eigenvalue weighted by atomic mass is 79.9. The normalized spacial score (nSPS) is 11.9. The Balaban J connectivity index is 1.33. The molecule has 2 heterocycles. The maximum Gasteiger partial charge on any atom is 0.307 e. The van der Waals surface area contributed by atoms with E-state index in [0.717, 1.165) is 22.1 Å². The first-order valence-electron chi connectivity index (χ1n) is 13.2. The Kier molecular flexibility index (Phi) is 9.71. The molecule has 9 heteroatoms. The van der Waals surface area contributed by atoms with Gasteiger partial charge in [-0.3, -0.25) is 4.79 Å². The second kappa shape index (κ2) is 13.4. The Hall–Kier alpha value is -3.98. The summed E-state index contributed by atoms with van der Waals surface area (Å²) in [5.41, 5.74) is 6.64. The van der Waals surface area contributed by atoms with Crippen LogP contribution >= 0.6 is 15.9 Å². The molecule has 1 atom stereocenters. The SMILES string of the molecule is CCOc1cc(/C=N/NC(=O)c2ccc(COc3ccc(-n4c(C)ccc4C)cc3)o2)cc(Br)c1O[C@@H](C)CC. The van der Waals surface area contributed by atoms with E-state index in [9.17, 15) is 4.79 Å². The maximum atomic E-state index is 12.6. The van der Waals surface area contributed by atoms with Gasteiger partial charge >= 0.3 is 5.91 Å². The molecule has 2 aromatic heterocycles. The van der Waals surface area contributed by atoms with E-state index in [1.165, 1.54) is 17.6 Å². The second-order valence-corrected chi connectivity index (χ2v) is 10.2. The van der Waals surface area contributed by atoms with Gasteiger partial charge in [-0.1, -0.05) is 6.92 Å². The highest BCUT2D eigenvalue weighted by Gasteiger charge is 2.15. The number of nitrogens with one attached hydrogen (secondary N) is 1. The molecule has 8 nitrogen and oxygen atoms in total. The molecule has 210 valence electrons. The van der Waals surface area contributed by atoms with Gasteiger partial charge in [0.1, 0.15) is 18.1 Å². The minimum atomic E-state index is -0.467. The molecule has 1 N–H and O–H groups in total. The lowest BCUT2D eigenvalue weighted by atomic mass is 10.2. The number of amides is 1. The molecule has 0 unspecified atom stereocenters. The lowest BCUT2D eigenvalue weighted by Gasteiger charge is -2.18. The van der Waals surface area contributed by atoms with Crippen molar-refractivity contribution in [2.24, 2.45) is 5.10 Å². The summed E-state index contributed by atoms with van der Waals surface area (Å²) in [5.74, 6) is 2.15. The molecule has 4 aromatic rings. The van der Waals surface area contributed by atoms with Gasteiger partial charge in [0.2, 0.25) is 0 Å². The van der Waals surface area contributed by atoms with Gasteiger partial charge < -0.3 is 23.2 Å². The van der Waals surface area contributed by atoms with Crippen molar-refractivity contribution < 1.29 is 23.4 Å². The molecule has 0 bridgehead atoms. The second-order valence-electron chi connectivity index (χ2n) is 9.30. The van der Waals surface area contributed by atoms with Crippen LogP contribution in [0.5, 0.6) is 17.2 Å². The zero-order valence-electron chi connectivity index (χ0n) is 23.4. The van der Waals surface area contributed by atoms with Crippen LogP contribution in [0.15, 0.2) is 74.7 Å². The molecule has 0 aliphatic heterocycles. The summed E-state index contributed by atoms with van der Waals surface area (Å²) < 4.78 is 26.2. The number of benzene rings is 2. The van der Waals surface area contributed by atoms with E-state index in [0.29, 0.717) is 29.6 Å². The van der Waals surface area contributed by atoms with Crippen molar-refractivity contribution in [1.82, 2.24) is 9.99 Å². The van der Waals surface area contributed by atoms with Crippen LogP contribution in [0.3, 0.4) is 0 Å². The van der Waals surface area contributed by atoms with Crippen LogP contribution in [-0.4, -0.2) is 29.4 Å². The number of aromatic nitrogens is 1. The topological polar surface area (TPSA) is 87.2 Å². The summed E-state index contributed by atoms with van der Waals surface area (Å²) in [4.78, 5) is 12.6. The Labute approximate surface area is 243 Å². The average Bonchev–Trinajstić information content (AvgIpc) is 3.56. The van der Waals surface area contributed by atoms with Crippen molar-refractivity contribution in [3.63, 3.8) is 0 Å². The molecule has 0 saturated carbocycles. The standard InChI is InChI=1S/C31H34BrN3O5/c1-6-22(5)39-30-27(32)16-23(17-29(30)37-7-2)18-33-34-31(36)28-15-14-26(40-28)19-38-25-12-10-24(11-13-25)35-20(3)8-9-21(35)4/h8-18,22H,6-7,19H2,1-5H3,(H,34,36)/b33-18+/t22-/m0/s1. The number of carbonyl (C=O) groups excluding carboxylic acids is 1. The molecule has 1 amide bonds. The minimum Gasteiger partial charge on any atom is -0.490 e. The van der Waals surface area contributed by atoms with Gasteiger partial charge in [-0.05, 0) is 116 Å². The Morgan fingerprint density at radius 3 is 2.45 bits per heavy atom. The van der Waals surface area contributed by atoms with Crippen molar-refractivity contribution in [3.8, 4) is 22.9 Å². The monoisotopic (exact) mass is 607 g/mol. The van der Waals surface area contributed by atoms with Crippen molar-refractivity contribution in [1.29, 1.82) is 0 Å². The fourth-order valence-corrected chi connectivity index (χ4v) is 4.60. The number of hydrogen-bond acceptors (Lipinski definition) is 6. The average molecular weight is 609 g/mol. The first-order valence-corrected chi connectivity index (χ1v) is 14.0. The molecule has 0 aliphatic carbocycles. The number of hydrazone groups is 1. The Bertz CT molecular complexity index is 1450. The van der Waals surface area contributed by atoms with E-state index in [1.807, 2.05) is 50.2 Å². The Morgan fingerprint density at radius 2 is 1.77 bits per heavy atom. The van der Waals surface area contributed by atoms with Crippen molar-refractivity contribution in [2.45, 2.75) is 53.8 Å². The highest BCUT2D eigenvalue weighted by molar-refractivity contribution is 9.10. The molecule has 0 radical (unpaired) electrons. The first kappa shape index (κ1) is 29.0. The van der Waals surface area contributed by atoms with E-state index in [-0.39, 0.29) is 18.5 Å². The van der Waals surface area contributed by atoms with Gasteiger partial charge in [0, 0.05) is 17.1 Å². The van der Waals surface area contributed by atoms with Crippen LogP contribution in [0.4, 0.5) is 0 Å². The van der Waals surface area contributed by atoms with Crippen LogP contribution in [0, 0.1) is 13.8 Å². The van der Waals surface area contributed by atoms with E-state index >= 15 is 0 Å². The third-order valence-corrected chi connectivity index (χ3v) is 6.83. The quantitative estimate of drug-likeness (QED) is 0.134. The Morgan fingerprint density at radius 1 is 1.05 bits per heavy atom. The molecule has 0 aliphatic rings. The van der Waals surface area contributed by atoms with Gasteiger partial charge in [-0.15, -0.1) is 0 Å². The summed E-state index contributed by atoms with van der Waals surface area (Å²) in [7, 11) is 0. The molecule has 0 saturated heterocycles. The number of halogens is 1. The van der Waals surface area contributed by atoms with Gasteiger partial charge in [0.05, 0.1) is 23.4 Å². The summed E-state index contributed by atoms with van der Waals surface area (Å²) in [5, 5.41) is 4.08. The summed E-state index contributed by atoms with van der Waals surface area (Å²) in [6.07, 6.45) is 2.45. The summed E-state index contributed by atoms with van der Waals surface area (Å²) in [6, 6.07) is 19.0. The van der Waals surface area contributed by atoms with Gasteiger partial charge in [-0.2, -0.15) is 5.10 Å². The third kappa shape index (κ3) is 7.15. The number of rotatable bonds is 12. The van der Waals surface area contributed by atoms with Crippen molar-refractivity contribution >= 4 is 28.1 Å². The van der Waals surface area contributed by atoms with E-state index < -0.39 is 5.91 Å². The molecule has 2 aromatic carbocycles. The van der Waals surface area contributed by atoms with Crippen LogP contribution in [0.25, 0.3) is 5.69 Å². The van der Waals surface area contributed by atoms with Crippen molar-refractivity contribution in [3.05, 3.63) is 93.6 Å². The number of hydrogen-bond donors (Lipinski definition) is 1. The van der Waals surface area contributed by atoms with Crippen molar-refractivity contribution in [2.75, 3.05) is 6.61 Å². The summed E-state index contributed by atoms with van der Waals surface area (Å²) in [6.45, 7) is 10.8. The smallest absolute Gasteiger partial charge is 0.307 e. The molecule has 4 rings (SSSR count). The zero-order valence-corrected chi connectivity index (χ0v) is 24.9. The highest BCUT2D eigenvalue weighted by Crippen LogP contribution is 2.37.